The predicted molar refractivity (Wildman–Crippen MR) is 61.6 cm³/mol. The molecule has 2 N–H and O–H groups in total. The maximum absolute atomic E-state index is 9.10. The van der Waals surface area contributed by atoms with Crippen molar-refractivity contribution in [3.8, 4) is 0 Å². The van der Waals surface area contributed by atoms with Gasteiger partial charge in [0.05, 0.1) is 32.0 Å². The second kappa shape index (κ2) is 5.39. The zero-order valence-electron chi connectivity index (χ0n) is 9.78. The first-order chi connectivity index (χ1) is 8.24. The predicted octanol–water partition coefficient (Wildman–Crippen LogP) is -0.445. The molecule has 2 rings (SSSR count). The molecule has 2 atom stereocenters. The summed E-state index contributed by atoms with van der Waals surface area (Å²) in [7, 11) is 0. The van der Waals surface area contributed by atoms with Gasteiger partial charge >= 0.3 is 0 Å². The van der Waals surface area contributed by atoms with E-state index in [1.165, 1.54) is 0 Å². The van der Waals surface area contributed by atoms with Gasteiger partial charge in [0.2, 0.25) is 5.95 Å². The number of morpholine rings is 1. The summed E-state index contributed by atoms with van der Waals surface area (Å²) in [4.78, 5) is 10.4. The number of nitrogens with zero attached hydrogens (tertiary/aromatic N) is 3. The first kappa shape index (κ1) is 12.2. The number of rotatable bonds is 3. The van der Waals surface area contributed by atoms with Gasteiger partial charge in [0.25, 0.3) is 0 Å². The summed E-state index contributed by atoms with van der Waals surface area (Å²) in [6.07, 6.45) is 3.03. The fraction of sp³-hybridized carbons (Fsp3) is 0.636. The summed E-state index contributed by atoms with van der Waals surface area (Å²) in [6.45, 7) is 3.10. The van der Waals surface area contributed by atoms with Crippen LogP contribution in [0.25, 0.3) is 0 Å². The number of ether oxygens (including phenoxy) is 1. The van der Waals surface area contributed by atoms with Crippen LogP contribution in [0.2, 0.25) is 0 Å². The van der Waals surface area contributed by atoms with E-state index in [0.29, 0.717) is 24.7 Å². The highest BCUT2D eigenvalue weighted by molar-refractivity contribution is 5.32. The average Bonchev–Trinajstić information content (AvgIpc) is 2.39. The molecule has 1 fully saturated rings. The standard InChI is InChI=1S/C11H17N3O3/c1-8-7-17-10(6-16)4-14(8)11-12-2-9(5-15)3-13-11/h2-3,8,10,15-16H,4-7H2,1H3. The van der Waals surface area contributed by atoms with E-state index in [9.17, 15) is 0 Å². The Morgan fingerprint density at radius 2 is 2.12 bits per heavy atom. The Morgan fingerprint density at radius 1 is 1.41 bits per heavy atom. The van der Waals surface area contributed by atoms with Crippen molar-refractivity contribution >= 4 is 5.95 Å². The molecule has 0 spiro atoms. The number of aromatic nitrogens is 2. The van der Waals surface area contributed by atoms with E-state index in [1.54, 1.807) is 12.4 Å². The molecule has 6 heteroatoms. The number of aliphatic hydroxyl groups excluding tert-OH is 2. The number of aliphatic hydroxyl groups is 2. The Balaban J connectivity index is 2.12. The fourth-order valence-electron chi connectivity index (χ4n) is 1.78. The lowest BCUT2D eigenvalue weighted by molar-refractivity contribution is -0.0108. The van der Waals surface area contributed by atoms with Gasteiger partial charge in [-0.1, -0.05) is 0 Å². The molecule has 0 amide bonds. The summed E-state index contributed by atoms with van der Waals surface area (Å²) in [5.74, 6) is 0.608. The third-order valence-electron chi connectivity index (χ3n) is 2.84. The van der Waals surface area contributed by atoms with Crippen LogP contribution in [0.15, 0.2) is 12.4 Å². The van der Waals surface area contributed by atoms with Gasteiger partial charge in [0, 0.05) is 24.5 Å². The molecule has 94 valence electrons. The fourth-order valence-corrected chi connectivity index (χ4v) is 1.78. The smallest absolute Gasteiger partial charge is 0.225 e. The maximum Gasteiger partial charge on any atom is 0.225 e. The van der Waals surface area contributed by atoms with E-state index < -0.39 is 0 Å². The van der Waals surface area contributed by atoms with Gasteiger partial charge in [-0.2, -0.15) is 0 Å². The Labute approximate surface area is 99.9 Å². The van der Waals surface area contributed by atoms with Gasteiger partial charge in [0.15, 0.2) is 0 Å². The molecular formula is C11H17N3O3. The van der Waals surface area contributed by atoms with Crippen molar-refractivity contribution in [2.75, 3.05) is 24.7 Å². The van der Waals surface area contributed by atoms with Crippen LogP contribution in [0.3, 0.4) is 0 Å². The summed E-state index contributed by atoms with van der Waals surface area (Å²) >= 11 is 0. The highest BCUT2D eigenvalue weighted by Crippen LogP contribution is 2.17. The molecule has 1 aromatic rings. The van der Waals surface area contributed by atoms with Crippen LogP contribution in [-0.2, 0) is 11.3 Å². The zero-order valence-corrected chi connectivity index (χ0v) is 9.78. The number of hydrogen-bond acceptors (Lipinski definition) is 6. The van der Waals surface area contributed by atoms with Crippen LogP contribution in [-0.4, -0.2) is 52.1 Å². The normalized spacial score (nSPS) is 25.0. The zero-order chi connectivity index (χ0) is 12.3. The van der Waals surface area contributed by atoms with Crippen LogP contribution >= 0.6 is 0 Å². The molecule has 2 heterocycles. The number of anilines is 1. The molecule has 1 saturated heterocycles. The Hall–Kier alpha value is -1.24. The Bertz CT molecular complexity index is 357. The SMILES string of the molecule is CC1COC(CO)CN1c1ncc(CO)cn1. The van der Waals surface area contributed by atoms with Crippen molar-refractivity contribution in [1.29, 1.82) is 0 Å². The largest absolute Gasteiger partial charge is 0.394 e. The van der Waals surface area contributed by atoms with E-state index in [1.807, 2.05) is 11.8 Å². The van der Waals surface area contributed by atoms with Gasteiger partial charge in [-0.3, -0.25) is 0 Å². The first-order valence-corrected chi connectivity index (χ1v) is 5.65. The molecule has 0 saturated carbocycles. The van der Waals surface area contributed by atoms with Gasteiger partial charge in [-0.25, -0.2) is 9.97 Å². The Kier molecular flexibility index (Phi) is 3.88. The van der Waals surface area contributed by atoms with Gasteiger partial charge in [0.1, 0.15) is 0 Å². The van der Waals surface area contributed by atoms with E-state index >= 15 is 0 Å². The van der Waals surface area contributed by atoms with E-state index in [2.05, 4.69) is 9.97 Å². The highest BCUT2D eigenvalue weighted by Gasteiger charge is 2.27. The van der Waals surface area contributed by atoms with E-state index in [0.717, 1.165) is 0 Å². The minimum Gasteiger partial charge on any atom is -0.394 e. The molecule has 0 radical (unpaired) electrons. The monoisotopic (exact) mass is 239 g/mol. The van der Waals surface area contributed by atoms with Crippen molar-refractivity contribution in [1.82, 2.24) is 9.97 Å². The summed E-state index contributed by atoms with van der Waals surface area (Å²) in [5, 5.41) is 18.0. The molecule has 0 bridgehead atoms. The second-order valence-corrected chi connectivity index (χ2v) is 4.19. The second-order valence-electron chi connectivity index (χ2n) is 4.19. The van der Waals surface area contributed by atoms with Gasteiger partial charge in [-0.05, 0) is 6.92 Å². The minimum atomic E-state index is -0.188. The number of hydrogen-bond donors (Lipinski definition) is 2. The van der Waals surface area contributed by atoms with Crippen molar-refractivity contribution in [2.24, 2.45) is 0 Å². The molecule has 0 aliphatic carbocycles. The Morgan fingerprint density at radius 3 is 2.71 bits per heavy atom. The van der Waals surface area contributed by atoms with Crippen molar-refractivity contribution in [3.05, 3.63) is 18.0 Å². The lowest BCUT2D eigenvalue weighted by Gasteiger charge is -2.37. The molecule has 6 nitrogen and oxygen atoms in total. The van der Waals surface area contributed by atoms with Crippen molar-refractivity contribution in [2.45, 2.75) is 25.7 Å². The molecule has 2 unspecified atom stereocenters. The lowest BCUT2D eigenvalue weighted by Crippen LogP contribution is -2.50. The minimum absolute atomic E-state index is 0.00204. The van der Waals surface area contributed by atoms with E-state index in [-0.39, 0.29) is 25.4 Å². The average molecular weight is 239 g/mol. The van der Waals surface area contributed by atoms with Crippen LogP contribution in [0.5, 0.6) is 0 Å². The third-order valence-corrected chi connectivity index (χ3v) is 2.84. The van der Waals surface area contributed by atoms with Crippen LogP contribution in [0.1, 0.15) is 12.5 Å². The topological polar surface area (TPSA) is 78.7 Å². The first-order valence-electron chi connectivity index (χ1n) is 5.65. The van der Waals surface area contributed by atoms with Crippen molar-refractivity contribution < 1.29 is 14.9 Å². The van der Waals surface area contributed by atoms with Crippen LogP contribution in [0, 0.1) is 0 Å². The quantitative estimate of drug-likeness (QED) is 0.744. The maximum atomic E-state index is 9.10. The molecular weight excluding hydrogens is 222 g/mol. The summed E-state index contributed by atoms with van der Waals surface area (Å²) in [5.41, 5.74) is 0.688. The van der Waals surface area contributed by atoms with Gasteiger partial charge < -0.3 is 19.8 Å². The van der Waals surface area contributed by atoms with Gasteiger partial charge in [-0.15, -0.1) is 0 Å². The molecule has 1 aliphatic heterocycles. The molecule has 0 aromatic carbocycles. The molecule has 1 aliphatic rings. The van der Waals surface area contributed by atoms with Crippen LogP contribution in [0.4, 0.5) is 5.95 Å². The molecule has 17 heavy (non-hydrogen) atoms. The molecule has 1 aromatic heterocycles. The van der Waals surface area contributed by atoms with Crippen molar-refractivity contribution in [3.63, 3.8) is 0 Å². The third kappa shape index (κ3) is 2.71. The summed E-state index contributed by atoms with van der Waals surface area (Å²) in [6, 6.07) is 0.178. The van der Waals surface area contributed by atoms with Crippen LogP contribution < -0.4 is 4.90 Å². The van der Waals surface area contributed by atoms with E-state index in [4.69, 9.17) is 14.9 Å². The summed E-state index contributed by atoms with van der Waals surface area (Å²) < 4.78 is 5.45. The lowest BCUT2D eigenvalue weighted by atomic mass is 10.2. The highest BCUT2D eigenvalue weighted by atomic mass is 16.5.